The van der Waals surface area contributed by atoms with Crippen molar-refractivity contribution < 1.29 is 19.8 Å². The van der Waals surface area contributed by atoms with Crippen molar-refractivity contribution >= 4 is 12.0 Å². The minimum absolute atomic E-state index is 0.539. The van der Waals surface area contributed by atoms with E-state index in [0.29, 0.717) is 6.54 Å². The molecular formula is C12H22N2O4. The summed E-state index contributed by atoms with van der Waals surface area (Å²) in [6, 6.07) is -1.78. The van der Waals surface area contributed by atoms with E-state index in [0.717, 1.165) is 18.8 Å². The van der Waals surface area contributed by atoms with Gasteiger partial charge < -0.3 is 20.8 Å². The van der Waals surface area contributed by atoms with Crippen LogP contribution in [0.5, 0.6) is 0 Å². The molecule has 18 heavy (non-hydrogen) atoms. The van der Waals surface area contributed by atoms with E-state index in [9.17, 15) is 9.59 Å². The van der Waals surface area contributed by atoms with Gasteiger partial charge in [-0.15, -0.1) is 0 Å². The van der Waals surface area contributed by atoms with Gasteiger partial charge in [0.15, 0.2) is 6.04 Å². The minimum atomic E-state index is -1.24. The van der Waals surface area contributed by atoms with E-state index in [1.54, 1.807) is 0 Å². The summed E-state index contributed by atoms with van der Waals surface area (Å²) in [4.78, 5) is 21.9. The number of aliphatic hydroxyl groups excluding tert-OH is 1. The summed E-state index contributed by atoms with van der Waals surface area (Å²) in [5.74, 6) is -0.447. The number of hydrogen-bond acceptors (Lipinski definition) is 3. The lowest BCUT2D eigenvalue weighted by Gasteiger charge is -2.13. The Hall–Kier alpha value is -1.30. The predicted octanol–water partition coefficient (Wildman–Crippen LogP) is 0.701. The molecule has 1 aliphatic carbocycles. The van der Waals surface area contributed by atoms with Gasteiger partial charge in [-0.2, -0.15) is 0 Å². The van der Waals surface area contributed by atoms with Crippen molar-refractivity contribution in [2.45, 2.75) is 44.6 Å². The first kappa shape index (κ1) is 14.8. The van der Waals surface area contributed by atoms with Crippen molar-refractivity contribution in [3.63, 3.8) is 0 Å². The summed E-state index contributed by atoms with van der Waals surface area (Å²) in [7, 11) is 0. The van der Waals surface area contributed by atoms with Crippen LogP contribution in [0.25, 0.3) is 0 Å². The maximum atomic E-state index is 11.3. The number of aliphatic carboxylic acids is 1. The number of carboxylic acids is 1. The lowest BCUT2D eigenvalue weighted by atomic mass is 10.0. The van der Waals surface area contributed by atoms with E-state index in [1.807, 2.05) is 0 Å². The fraction of sp³-hybridized carbons (Fsp3) is 0.833. The number of carbonyl (C=O) groups excluding carboxylic acids is 1. The first-order valence-electron chi connectivity index (χ1n) is 6.51. The zero-order chi connectivity index (χ0) is 13.4. The SMILES string of the molecule is O=C(NCCCC1CCCC1)N[C@H](CO)C(=O)O. The number of amides is 2. The zero-order valence-corrected chi connectivity index (χ0v) is 10.5. The third kappa shape index (κ3) is 5.35. The third-order valence-electron chi connectivity index (χ3n) is 3.34. The Labute approximate surface area is 107 Å². The molecule has 0 aromatic rings. The molecule has 0 aromatic carbocycles. The van der Waals surface area contributed by atoms with E-state index in [4.69, 9.17) is 10.2 Å². The molecule has 1 aliphatic rings. The van der Waals surface area contributed by atoms with Gasteiger partial charge in [-0.25, -0.2) is 9.59 Å². The number of rotatable bonds is 7. The van der Waals surface area contributed by atoms with Crippen molar-refractivity contribution in [2.75, 3.05) is 13.2 Å². The summed E-state index contributed by atoms with van der Waals surface area (Å²) in [5, 5.41) is 22.2. The third-order valence-corrected chi connectivity index (χ3v) is 3.34. The van der Waals surface area contributed by atoms with E-state index < -0.39 is 24.6 Å². The van der Waals surface area contributed by atoms with Gasteiger partial charge in [0.25, 0.3) is 0 Å². The normalized spacial score (nSPS) is 17.4. The molecule has 0 radical (unpaired) electrons. The van der Waals surface area contributed by atoms with Gasteiger partial charge >= 0.3 is 12.0 Å². The van der Waals surface area contributed by atoms with Gasteiger partial charge in [-0.1, -0.05) is 25.7 Å². The van der Waals surface area contributed by atoms with Crippen molar-refractivity contribution in [3.8, 4) is 0 Å². The average Bonchev–Trinajstić information content (AvgIpc) is 2.84. The second-order valence-electron chi connectivity index (χ2n) is 4.77. The van der Waals surface area contributed by atoms with E-state index >= 15 is 0 Å². The fourth-order valence-corrected chi connectivity index (χ4v) is 2.29. The minimum Gasteiger partial charge on any atom is -0.480 e. The number of hydrogen-bond donors (Lipinski definition) is 4. The van der Waals surface area contributed by atoms with Gasteiger partial charge in [0.1, 0.15) is 0 Å². The smallest absolute Gasteiger partial charge is 0.328 e. The van der Waals surface area contributed by atoms with Crippen LogP contribution in [0, 0.1) is 5.92 Å². The van der Waals surface area contributed by atoms with E-state index in [2.05, 4.69) is 10.6 Å². The number of urea groups is 1. The second-order valence-corrected chi connectivity index (χ2v) is 4.77. The van der Waals surface area contributed by atoms with Crippen molar-refractivity contribution in [1.29, 1.82) is 0 Å². The fourth-order valence-electron chi connectivity index (χ4n) is 2.29. The molecular weight excluding hydrogens is 236 g/mol. The Morgan fingerprint density at radius 2 is 1.94 bits per heavy atom. The summed E-state index contributed by atoms with van der Waals surface area (Å²) in [5.41, 5.74) is 0. The molecule has 0 saturated heterocycles. The maximum absolute atomic E-state index is 11.3. The first-order chi connectivity index (χ1) is 8.63. The Balaban J connectivity index is 2.07. The highest BCUT2D eigenvalue weighted by molar-refractivity contribution is 5.82. The van der Waals surface area contributed by atoms with Crippen LogP contribution in [-0.4, -0.2) is 41.4 Å². The van der Waals surface area contributed by atoms with E-state index in [1.165, 1.54) is 25.7 Å². The molecule has 0 bridgehead atoms. The monoisotopic (exact) mass is 258 g/mol. The summed E-state index contributed by atoms with van der Waals surface area (Å²) in [6.07, 6.45) is 7.23. The van der Waals surface area contributed by atoms with Crippen LogP contribution in [-0.2, 0) is 4.79 Å². The lowest BCUT2D eigenvalue weighted by Crippen LogP contribution is -2.48. The molecule has 1 fully saturated rings. The van der Waals surface area contributed by atoms with Crippen molar-refractivity contribution in [3.05, 3.63) is 0 Å². The van der Waals surface area contributed by atoms with Crippen molar-refractivity contribution in [1.82, 2.24) is 10.6 Å². The Morgan fingerprint density at radius 3 is 2.50 bits per heavy atom. The van der Waals surface area contributed by atoms with Gasteiger partial charge in [0.05, 0.1) is 6.61 Å². The maximum Gasteiger partial charge on any atom is 0.328 e. The number of carboxylic acid groups (broad SMARTS) is 1. The largest absolute Gasteiger partial charge is 0.480 e. The first-order valence-corrected chi connectivity index (χ1v) is 6.51. The van der Waals surface area contributed by atoms with Crippen molar-refractivity contribution in [2.24, 2.45) is 5.92 Å². The molecule has 1 atom stereocenters. The van der Waals surface area contributed by atoms with Gasteiger partial charge in [0.2, 0.25) is 0 Å². The molecule has 0 heterocycles. The van der Waals surface area contributed by atoms with Crippen LogP contribution in [0.15, 0.2) is 0 Å². The molecule has 0 aromatic heterocycles. The molecule has 104 valence electrons. The molecule has 0 spiro atoms. The summed E-state index contributed by atoms with van der Waals surface area (Å²) >= 11 is 0. The van der Waals surface area contributed by atoms with Gasteiger partial charge in [0, 0.05) is 6.54 Å². The van der Waals surface area contributed by atoms with E-state index in [-0.39, 0.29) is 0 Å². The van der Waals surface area contributed by atoms with Crippen LogP contribution < -0.4 is 10.6 Å². The Morgan fingerprint density at radius 1 is 1.28 bits per heavy atom. The molecule has 6 nitrogen and oxygen atoms in total. The van der Waals surface area contributed by atoms with Crippen LogP contribution in [0.3, 0.4) is 0 Å². The second kappa shape index (κ2) is 7.92. The Bertz CT molecular complexity index is 277. The molecule has 0 unspecified atom stereocenters. The predicted molar refractivity (Wildman–Crippen MR) is 66.2 cm³/mol. The molecule has 0 aliphatic heterocycles. The van der Waals surface area contributed by atoms with Crippen LogP contribution in [0.1, 0.15) is 38.5 Å². The highest BCUT2D eigenvalue weighted by atomic mass is 16.4. The zero-order valence-electron chi connectivity index (χ0n) is 10.5. The quantitative estimate of drug-likeness (QED) is 0.505. The highest BCUT2D eigenvalue weighted by Gasteiger charge is 2.18. The van der Waals surface area contributed by atoms with Gasteiger partial charge in [-0.05, 0) is 18.8 Å². The Kier molecular flexibility index (Phi) is 6.49. The number of carbonyl (C=O) groups is 2. The van der Waals surface area contributed by atoms with Crippen LogP contribution >= 0.6 is 0 Å². The highest BCUT2D eigenvalue weighted by Crippen LogP contribution is 2.28. The standard InChI is InChI=1S/C12H22N2O4/c15-8-10(11(16)17)14-12(18)13-7-3-6-9-4-1-2-5-9/h9-10,15H,1-8H2,(H,16,17)(H2,13,14,18)/t10-/m1/s1. The molecule has 6 heteroatoms. The number of aliphatic hydroxyl groups is 1. The lowest BCUT2D eigenvalue weighted by molar-refractivity contribution is -0.140. The summed E-state index contributed by atoms with van der Waals surface area (Å²) in [6.45, 7) is -0.0646. The molecule has 4 N–H and O–H groups in total. The molecule has 2 amide bonds. The molecule has 1 saturated carbocycles. The van der Waals surface area contributed by atoms with Crippen LogP contribution in [0.4, 0.5) is 4.79 Å². The number of nitrogens with one attached hydrogen (secondary N) is 2. The molecule has 1 rings (SSSR count). The topological polar surface area (TPSA) is 98.7 Å². The summed E-state index contributed by atoms with van der Waals surface area (Å²) < 4.78 is 0. The van der Waals surface area contributed by atoms with Crippen LogP contribution in [0.2, 0.25) is 0 Å². The van der Waals surface area contributed by atoms with Gasteiger partial charge in [-0.3, -0.25) is 0 Å². The average molecular weight is 258 g/mol.